The highest BCUT2D eigenvalue weighted by molar-refractivity contribution is 5.52. The van der Waals surface area contributed by atoms with E-state index < -0.39 is 0 Å². The number of allylic oxidation sites excluding steroid dienone is 2. The molecule has 0 aromatic heterocycles. The molecule has 0 nitrogen and oxygen atoms in total. The van der Waals surface area contributed by atoms with E-state index in [9.17, 15) is 4.39 Å². The second-order valence-electron chi connectivity index (χ2n) is 2.62. The molecule has 0 heterocycles. The van der Waals surface area contributed by atoms with Crippen molar-refractivity contribution < 1.29 is 4.39 Å². The fourth-order valence-electron chi connectivity index (χ4n) is 0.939. The zero-order valence-electron chi connectivity index (χ0n) is 7.05. The van der Waals surface area contributed by atoms with Crippen LogP contribution in [0.2, 0.25) is 0 Å². The Morgan fingerprint density at radius 3 is 2.75 bits per heavy atom. The highest BCUT2D eigenvalue weighted by atomic mass is 19.1. The number of benzene rings is 1. The van der Waals surface area contributed by atoms with E-state index in [1.807, 2.05) is 13.0 Å². The predicted octanol–water partition coefficient (Wildman–Crippen LogP) is 3.33. The predicted molar refractivity (Wildman–Crippen MR) is 50.4 cm³/mol. The zero-order valence-corrected chi connectivity index (χ0v) is 7.05. The van der Waals surface area contributed by atoms with Gasteiger partial charge in [0.15, 0.2) is 0 Å². The van der Waals surface area contributed by atoms with Crippen LogP contribution in [-0.2, 0) is 0 Å². The summed E-state index contributed by atoms with van der Waals surface area (Å²) in [6.45, 7) is 5.38. The Morgan fingerprint density at radius 2 is 2.17 bits per heavy atom. The van der Waals surface area contributed by atoms with Crippen LogP contribution in [0.1, 0.15) is 11.1 Å². The van der Waals surface area contributed by atoms with E-state index in [0.717, 1.165) is 5.56 Å². The summed E-state index contributed by atoms with van der Waals surface area (Å²) >= 11 is 0. The van der Waals surface area contributed by atoms with Gasteiger partial charge >= 0.3 is 0 Å². The van der Waals surface area contributed by atoms with Crippen LogP contribution in [0.5, 0.6) is 0 Å². The lowest BCUT2D eigenvalue weighted by molar-refractivity contribution is 0.624. The molecular weight excluding hydrogens is 151 g/mol. The third kappa shape index (κ3) is 2.06. The maximum atomic E-state index is 13.1. The summed E-state index contributed by atoms with van der Waals surface area (Å²) in [5.41, 5.74) is 1.53. The lowest BCUT2D eigenvalue weighted by Crippen LogP contribution is -1.82. The third-order valence-corrected chi connectivity index (χ3v) is 1.57. The Bertz CT molecular complexity index is 311. The van der Waals surface area contributed by atoms with Crippen LogP contribution >= 0.6 is 0 Å². The maximum absolute atomic E-state index is 13.1. The van der Waals surface area contributed by atoms with Gasteiger partial charge in [0.1, 0.15) is 5.82 Å². The fraction of sp³-hybridized carbons (Fsp3) is 0.0909. The summed E-state index contributed by atoms with van der Waals surface area (Å²) in [7, 11) is 0. The molecule has 0 amide bonds. The standard InChI is InChI=1S/C11H11F/c1-3-4-5-10-7-6-9(2)8-11(10)12/h3-8H,1H2,2H3/b5-4+. The van der Waals surface area contributed by atoms with Crippen molar-refractivity contribution >= 4 is 6.08 Å². The molecule has 1 aromatic carbocycles. The summed E-state index contributed by atoms with van der Waals surface area (Å²) in [4.78, 5) is 0. The van der Waals surface area contributed by atoms with Crippen molar-refractivity contribution in [2.24, 2.45) is 0 Å². The van der Waals surface area contributed by atoms with Crippen LogP contribution in [0.4, 0.5) is 4.39 Å². The van der Waals surface area contributed by atoms with Gasteiger partial charge in [-0.05, 0) is 18.6 Å². The number of hydrogen-bond acceptors (Lipinski definition) is 0. The minimum absolute atomic E-state index is 0.187. The number of aryl methyl sites for hydroxylation is 1. The normalized spacial score (nSPS) is 10.5. The molecule has 0 unspecified atom stereocenters. The van der Waals surface area contributed by atoms with E-state index in [1.54, 1.807) is 24.3 Å². The van der Waals surface area contributed by atoms with Crippen molar-refractivity contribution in [1.29, 1.82) is 0 Å². The molecular formula is C11H11F. The zero-order chi connectivity index (χ0) is 8.97. The van der Waals surface area contributed by atoms with Gasteiger partial charge in [-0.15, -0.1) is 0 Å². The van der Waals surface area contributed by atoms with Gasteiger partial charge in [-0.2, -0.15) is 0 Å². The Balaban J connectivity index is 3.01. The van der Waals surface area contributed by atoms with Gasteiger partial charge in [0, 0.05) is 5.56 Å². The van der Waals surface area contributed by atoms with Crippen molar-refractivity contribution in [3.63, 3.8) is 0 Å². The number of rotatable bonds is 2. The second kappa shape index (κ2) is 3.86. The number of halogens is 1. The minimum atomic E-state index is -0.187. The van der Waals surface area contributed by atoms with Crippen LogP contribution in [0.3, 0.4) is 0 Å². The molecule has 0 atom stereocenters. The Kier molecular flexibility index (Phi) is 2.81. The van der Waals surface area contributed by atoms with Crippen LogP contribution in [0, 0.1) is 12.7 Å². The third-order valence-electron chi connectivity index (χ3n) is 1.57. The quantitative estimate of drug-likeness (QED) is 0.585. The number of hydrogen-bond donors (Lipinski definition) is 0. The van der Waals surface area contributed by atoms with Crippen LogP contribution in [0.15, 0.2) is 36.9 Å². The summed E-state index contributed by atoms with van der Waals surface area (Å²) in [6.07, 6.45) is 5.04. The summed E-state index contributed by atoms with van der Waals surface area (Å²) in [5, 5.41) is 0. The fourth-order valence-corrected chi connectivity index (χ4v) is 0.939. The van der Waals surface area contributed by atoms with Crippen molar-refractivity contribution in [3.8, 4) is 0 Å². The molecule has 0 aliphatic rings. The Hall–Kier alpha value is -1.37. The van der Waals surface area contributed by atoms with Crippen molar-refractivity contribution in [3.05, 3.63) is 53.9 Å². The highest BCUT2D eigenvalue weighted by Crippen LogP contribution is 2.11. The maximum Gasteiger partial charge on any atom is 0.130 e. The molecule has 0 aliphatic carbocycles. The molecule has 12 heavy (non-hydrogen) atoms. The van der Waals surface area contributed by atoms with Gasteiger partial charge in [0.2, 0.25) is 0 Å². The van der Waals surface area contributed by atoms with Crippen LogP contribution < -0.4 is 0 Å². The lowest BCUT2D eigenvalue weighted by Gasteiger charge is -1.96. The molecule has 1 heteroatoms. The summed E-state index contributed by atoms with van der Waals surface area (Å²) < 4.78 is 13.1. The van der Waals surface area contributed by atoms with E-state index in [1.165, 1.54) is 6.07 Å². The van der Waals surface area contributed by atoms with E-state index in [4.69, 9.17) is 0 Å². The first-order valence-electron chi connectivity index (χ1n) is 3.79. The van der Waals surface area contributed by atoms with Crippen molar-refractivity contribution in [2.45, 2.75) is 6.92 Å². The SMILES string of the molecule is C=C/C=C/c1ccc(C)cc1F. The lowest BCUT2D eigenvalue weighted by atomic mass is 10.1. The Morgan fingerprint density at radius 1 is 1.42 bits per heavy atom. The van der Waals surface area contributed by atoms with Gasteiger partial charge in [-0.1, -0.05) is 36.9 Å². The van der Waals surface area contributed by atoms with Crippen LogP contribution in [0.25, 0.3) is 6.08 Å². The second-order valence-corrected chi connectivity index (χ2v) is 2.62. The van der Waals surface area contributed by atoms with Crippen molar-refractivity contribution in [2.75, 3.05) is 0 Å². The van der Waals surface area contributed by atoms with Gasteiger partial charge in [-0.25, -0.2) is 4.39 Å². The summed E-state index contributed by atoms with van der Waals surface area (Å²) in [6, 6.07) is 5.15. The van der Waals surface area contributed by atoms with E-state index in [0.29, 0.717) is 5.56 Å². The molecule has 0 bridgehead atoms. The first kappa shape index (κ1) is 8.72. The average Bonchev–Trinajstić information content (AvgIpc) is 2.03. The molecule has 0 aliphatic heterocycles. The van der Waals surface area contributed by atoms with Crippen LogP contribution in [-0.4, -0.2) is 0 Å². The van der Waals surface area contributed by atoms with E-state index >= 15 is 0 Å². The molecule has 0 fully saturated rings. The van der Waals surface area contributed by atoms with Crippen molar-refractivity contribution in [1.82, 2.24) is 0 Å². The smallest absolute Gasteiger partial charge is 0.130 e. The Labute approximate surface area is 72.0 Å². The first-order valence-corrected chi connectivity index (χ1v) is 3.79. The van der Waals surface area contributed by atoms with Gasteiger partial charge in [0.05, 0.1) is 0 Å². The molecule has 0 saturated heterocycles. The monoisotopic (exact) mass is 162 g/mol. The van der Waals surface area contributed by atoms with Gasteiger partial charge in [-0.3, -0.25) is 0 Å². The molecule has 0 N–H and O–H groups in total. The largest absolute Gasteiger partial charge is 0.206 e. The van der Waals surface area contributed by atoms with Gasteiger partial charge < -0.3 is 0 Å². The minimum Gasteiger partial charge on any atom is -0.206 e. The highest BCUT2D eigenvalue weighted by Gasteiger charge is 1.96. The van der Waals surface area contributed by atoms with Gasteiger partial charge in [0.25, 0.3) is 0 Å². The molecule has 0 saturated carbocycles. The molecule has 62 valence electrons. The molecule has 0 spiro atoms. The molecule has 1 aromatic rings. The summed E-state index contributed by atoms with van der Waals surface area (Å²) in [5.74, 6) is -0.187. The topological polar surface area (TPSA) is 0 Å². The average molecular weight is 162 g/mol. The van der Waals surface area contributed by atoms with E-state index in [2.05, 4.69) is 6.58 Å². The van der Waals surface area contributed by atoms with E-state index in [-0.39, 0.29) is 5.82 Å². The molecule has 1 rings (SSSR count). The first-order chi connectivity index (χ1) is 5.74. The molecule has 0 radical (unpaired) electrons.